The number of halogens is 1. The smallest absolute Gasteiger partial charge is 0.215 e. The molecule has 0 saturated carbocycles. The number of carbonyl (C=O) groups is 1. The fourth-order valence-electron chi connectivity index (χ4n) is 4.13. The summed E-state index contributed by atoms with van der Waals surface area (Å²) in [6.45, 7) is 5.61. The molecule has 172 valence electrons. The summed E-state index contributed by atoms with van der Waals surface area (Å²) >= 11 is 0. The summed E-state index contributed by atoms with van der Waals surface area (Å²) in [5.41, 5.74) is 2.94. The molecule has 0 aliphatic carbocycles. The molecule has 0 bridgehead atoms. The Labute approximate surface area is 194 Å². The van der Waals surface area contributed by atoms with Crippen molar-refractivity contribution in [2.45, 2.75) is 45.3 Å². The molecular formula is C27H29FN2O3. The molecule has 0 amide bonds. The molecule has 5 nitrogen and oxygen atoms in total. The van der Waals surface area contributed by atoms with Crippen LogP contribution < -0.4 is 14.4 Å². The van der Waals surface area contributed by atoms with Crippen LogP contribution in [0.25, 0.3) is 0 Å². The number of ketones is 1. The van der Waals surface area contributed by atoms with Crippen LogP contribution in [-0.4, -0.2) is 30.0 Å². The predicted molar refractivity (Wildman–Crippen MR) is 126 cm³/mol. The van der Waals surface area contributed by atoms with Gasteiger partial charge in [0.1, 0.15) is 30.1 Å². The van der Waals surface area contributed by atoms with Crippen LogP contribution in [0, 0.1) is 5.82 Å². The lowest BCUT2D eigenvalue weighted by molar-refractivity contribution is -0.117. The van der Waals surface area contributed by atoms with Gasteiger partial charge in [0.05, 0.1) is 6.54 Å². The molecule has 0 unspecified atom stereocenters. The molecule has 3 aromatic rings. The number of Topliss-reactive ketones (excluding diaryl/α,β-unsaturated/α-hetero) is 1. The fourth-order valence-corrected chi connectivity index (χ4v) is 4.13. The van der Waals surface area contributed by atoms with Crippen LogP contribution in [0.2, 0.25) is 0 Å². The Kier molecular flexibility index (Phi) is 7.23. The largest absolute Gasteiger partial charge is 0.489 e. The van der Waals surface area contributed by atoms with E-state index in [4.69, 9.17) is 9.47 Å². The zero-order chi connectivity index (χ0) is 23.2. The third-order valence-electron chi connectivity index (χ3n) is 5.85. The Bertz CT molecular complexity index is 1090. The van der Waals surface area contributed by atoms with Crippen molar-refractivity contribution < 1.29 is 18.7 Å². The van der Waals surface area contributed by atoms with Gasteiger partial charge in [-0.3, -0.25) is 0 Å². The lowest BCUT2D eigenvalue weighted by Gasteiger charge is -2.20. The molecule has 1 fully saturated rings. The number of carbonyl (C=O) groups excluding carboxylic acids is 1. The predicted octanol–water partition coefficient (Wildman–Crippen LogP) is 5.54. The maximum atomic E-state index is 13.4. The quantitative estimate of drug-likeness (QED) is 0.430. The van der Waals surface area contributed by atoms with Crippen molar-refractivity contribution in [3.8, 4) is 11.6 Å². The maximum absolute atomic E-state index is 13.4. The minimum Gasteiger partial charge on any atom is -0.489 e. The Morgan fingerprint density at radius 3 is 2.76 bits per heavy atom. The number of anilines is 1. The molecule has 0 spiro atoms. The van der Waals surface area contributed by atoms with Gasteiger partial charge in [0.2, 0.25) is 5.88 Å². The van der Waals surface area contributed by atoms with Crippen molar-refractivity contribution in [1.29, 1.82) is 0 Å². The first-order valence-corrected chi connectivity index (χ1v) is 11.3. The van der Waals surface area contributed by atoms with E-state index in [9.17, 15) is 9.18 Å². The van der Waals surface area contributed by atoms with Crippen LogP contribution in [0.5, 0.6) is 11.6 Å². The SMILES string of the molecule is CC(=O)C[C@@H](C)c1ccc(O[C@@H]2CCN(c3ccnc(OCc4cccc(F)c4)c3)C2)cc1. The van der Waals surface area contributed by atoms with Crippen LogP contribution in [0.3, 0.4) is 0 Å². The summed E-state index contributed by atoms with van der Waals surface area (Å²) in [6, 6.07) is 18.3. The molecule has 6 heteroatoms. The number of pyridine rings is 1. The zero-order valence-corrected chi connectivity index (χ0v) is 19.0. The van der Waals surface area contributed by atoms with Gasteiger partial charge in [-0.1, -0.05) is 31.2 Å². The molecule has 0 radical (unpaired) electrons. The molecule has 2 atom stereocenters. The highest BCUT2D eigenvalue weighted by Crippen LogP contribution is 2.27. The summed E-state index contributed by atoms with van der Waals surface area (Å²) in [5.74, 6) is 1.49. The molecule has 1 saturated heterocycles. The normalized spacial score (nSPS) is 16.5. The fraction of sp³-hybridized carbons (Fsp3) is 0.333. The number of hydrogen-bond donors (Lipinski definition) is 0. The lowest BCUT2D eigenvalue weighted by Crippen LogP contribution is -2.24. The van der Waals surface area contributed by atoms with E-state index in [1.54, 1.807) is 19.2 Å². The van der Waals surface area contributed by atoms with Gasteiger partial charge < -0.3 is 19.2 Å². The Hall–Kier alpha value is -3.41. The summed E-state index contributed by atoms with van der Waals surface area (Å²) in [6.07, 6.45) is 3.29. The Morgan fingerprint density at radius 1 is 1.18 bits per heavy atom. The van der Waals surface area contributed by atoms with Gasteiger partial charge in [-0.2, -0.15) is 0 Å². The molecule has 2 heterocycles. The Balaban J connectivity index is 1.31. The molecular weight excluding hydrogens is 419 g/mol. The molecule has 1 aliphatic heterocycles. The van der Waals surface area contributed by atoms with Crippen molar-refractivity contribution >= 4 is 11.5 Å². The number of aromatic nitrogens is 1. The second-order valence-electron chi connectivity index (χ2n) is 8.62. The summed E-state index contributed by atoms with van der Waals surface area (Å²) < 4.78 is 25.3. The first kappa shape index (κ1) is 22.8. The van der Waals surface area contributed by atoms with Gasteiger partial charge in [-0.15, -0.1) is 0 Å². The minimum absolute atomic E-state index is 0.0929. The molecule has 33 heavy (non-hydrogen) atoms. The summed E-state index contributed by atoms with van der Waals surface area (Å²) in [7, 11) is 0. The van der Waals surface area contributed by atoms with E-state index in [0.717, 1.165) is 42.1 Å². The second-order valence-corrected chi connectivity index (χ2v) is 8.62. The third kappa shape index (κ3) is 6.31. The van der Waals surface area contributed by atoms with Crippen LogP contribution in [-0.2, 0) is 11.4 Å². The van der Waals surface area contributed by atoms with E-state index >= 15 is 0 Å². The minimum atomic E-state index is -0.277. The standard InChI is InChI=1S/C27H29FN2O3/c1-19(14-20(2)31)22-6-8-25(9-7-22)33-26-11-13-30(17-26)24-10-12-29-27(16-24)32-18-21-4-3-5-23(28)15-21/h3-10,12,15-16,19,26H,11,13-14,17-18H2,1-2H3/t19-,26-/m1/s1. The van der Waals surface area contributed by atoms with E-state index in [0.29, 0.717) is 12.3 Å². The molecule has 2 aromatic carbocycles. The highest BCUT2D eigenvalue weighted by Gasteiger charge is 2.24. The maximum Gasteiger partial charge on any atom is 0.215 e. The number of hydrogen-bond acceptors (Lipinski definition) is 5. The van der Waals surface area contributed by atoms with Gasteiger partial charge in [-0.25, -0.2) is 9.37 Å². The van der Waals surface area contributed by atoms with Gasteiger partial charge >= 0.3 is 0 Å². The van der Waals surface area contributed by atoms with Crippen molar-refractivity contribution in [3.63, 3.8) is 0 Å². The monoisotopic (exact) mass is 448 g/mol. The van der Waals surface area contributed by atoms with E-state index in [2.05, 4.69) is 16.8 Å². The van der Waals surface area contributed by atoms with E-state index in [1.165, 1.54) is 12.1 Å². The van der Waals surface area contributed by atoms with Crippen molar-refractivity contribution in [3.05, 3.63) is 83.8 Å². The number of rotatable bonds is 9. The molecule has 0 N–H and O–H groups in total. The van der Waals surface area contributed by atoms with E-state index < -0.39 is 0 Å². The number of nitrogens with zero attached hydrogens (tertiary/aromatic N) is 2. The average Bonchev–Trinajstić information content (AvgIpc) is 3.26. The number of benzene rings is 2. The summed E-state index contributed by atoms with van der Waals surface area (Å²) in [5, 5.41) is 0. The Morgan fingerprint density at radius 2 is 2.00 bits per heavy atom. The third-order valence-corrected chi connectivity index (χ3v) is 5.85. The average molecular weight is 449 g/mol. The lowest BCUT2D eigenvalue weighted by atomic mass is 9.96. The molecule has 1 aliphatic rings. The van der Waals surface area contributed by atoms with Crippen LogP contribution in [0.1, 0.15) is 43.7 Å². The summed E-state index contributed by atoms with van der Waals surface area (Å²) in [4.78, 5) is 17.9. The van der Waals surface area contributed by atoms with Gasteiger partial charge in [0.15, 0.2) is 0 Å². The molecule has 1 aromatic heterocycles. The number of ether oxygens (including phenoxy) is 2. The van der Waals surface area contributed by atoms with Crippen LogP contribution >= 0.6 is 0 Å². The van der Waals surface area contributed by atoms with E-state index in [1.807, 2.05) is 42.5 Å². The van der Waals surface area contributed by atoms with E-state index in [-0.39, 0.29) is 30.2 Å². The van der Waals surface area contributed by atoms with Gasteiger partial charge in [0.25, 0.3) is 0 Å². The van der Waals surface area contributed by atoms with Crippen molar-refractivity contribution in [2.24, 2.45) is 0 Å². The van der Waals surface area contributed by atoms with Gasteiger partial charge in [-0.05, 0) is 54.3 Å². The highest BCUT2D eigenvalue weighted by atomic mass is 19.1. The van der Waals surface area contributed by atoms with Crippen molar-refractivity contribution in [2.75, 3.05) is 18.0 Å². The van der Waals surface area contributed by atoms with Crippen LogP contribution in [0.4, 0.5) is 10.1 Å². The molecule has 4 rings (SSSR count). The highest BCUT2D eigenvalue weighted by molar-refractivity contribution is 5.76. The topological polar surface area (TPSA) is 51.7 Å². The van der Waals surface area contributed by atoms with Crippen LogP contribution in [0.15, 0.2) is 66.9 Å². The second kappa shape index (κ2) is 10.5. The zero-order valence-electron chi connectivity index (χ0n) is 19.0. The first-order chi connectivity index (χ1) is 16.0. The van der Waals surface area contributed by atoms with Gasteiger partial charge in [0, 0.05) is 37.3 Å². The first-order valence-electron chi connectivity index (χ1n) is 11.3. The van der Waals surface area contributed by atoms with Crippen molar-refractivity contribution in [1.82, 2.24) is 4.98 Å².